The molecule has 0 saturated heterocycles. The summed E-state index contributed by atoms with van der Waals surface area (Å²) in [4.78, 5) is 14.4. The highest BCUT2D eigenvalue weighted by molar-refractivity contribution is 14.1. The summed E-state index contributed by atoms with van der Waals surface area (Å²) < 4.78 is 7.81. The lowest BCUT2D eigenvalue weighted by atomic mass is 9.72. The molecule has 0 saturated carbocycles. The second-order valence-corrected chi connectivity index (χ2v) is 12.1. The molecule has 1 aromatic carbocycles. The Balaban J connectivity index is 1.70. The van der Waals surface area contributed by atoms with Gasteiger partial charge in [0.15, 0.2) is 0 Å². The third kappa shape index (κ3) is 3.66. The van der Waals surface area contributed by atoms with E-state index in [0.717, 1.165) is 48.3 Å². The van der Waals surface area contributed by atoms with E-state index in [4.69, 9.17) is 4.74 Å². The van der Waals surface area contributed by atoms with E-state index in [1.165, 1.54) is 10.4 Å². The van der Waals surface area contributed by atoms with Gasteiger partial charge in [-0.25, -0.2) is 0 Å². The van der Waals surface area contributed by atoms with E-state index in [1.807, 2.05) is 0 Å². The summed E-state index contributed by atoms with van der Waals surface area (Å²) in [6, 6.07) is 4.16. The molecule has 1 aliphatic carbocycles. The molecule has 0 fully saturated rings. The lowest BCUT2D eigenvalue weighted by Crippen LogP contribution is -2.38. The summed E-state index contributed by atoms with van der Waals surface area (Å²) >= 11 is 6.36. The molecule has 0 unspecified atom stereocenters. The lowest BCUT2D eigenvalue weighted by molar-refractivity contribution is 0.0934. The first-order valence-corrected chi connectivity index (χ1v) is 12.4. The van der Waals surface area contributed by atoms with E-state index in [0.29, 0.717) is 11.3 Å². The minimum absolute atomic E-state index is 0.0291. The van der Waals surface area contributed by atoms with Gasteiger partial charge in [0.2, 0.25) is 0 Å². The van der Waals surface area contributed by atoms with Crippen LogP contribution >= 0.6 is 56.5 Å². The van der Waals surface area contributed by atoms with Crippen LogP contribution in [0.2, 0.25) is 0 Å². The van der Waals surface area contributed by atoms with Crippen molar-refractivity contribution < 1.29 is 9.53 Å². The van der Waals surface area contributed by atoms with Crippen molar-refractivity contribution in [2.45, 2.75) is 46.2 Å². The van der Waals surface area contributed by atoms with Crippen LogP contribution in [0.15, 0.2) is 12.1 Å². The van der Waals surface area contributed by atoms with E-state index in [1.54, 1.807) is 18.4 Å². The maximum atomic E-state index is 13.1. The minimum atomic E-state index is -0.281. The van der Waals surface area contributed by atoms with Crippen molar-refractivity contribution in [3.8, 4) is 5.75 Å². The van der Waals surface area contributed by atoms with Crippen molar-refractivity contribution in [3.05, 3.63) is 40.8 Å². The topological polar surface area (TPSA) is 50.4 Å². The number of carbonyl (C=O) groups is 1. The van der Waals surface area contributed by atoms with Gasteiger partial charge in [0.1, 0.15) is 16.9 Å². The van der Waals surface area contributed by atoms with Gasteiger partial charge in [-0.15, -0.1) is 11.3 Å². The van der Waals surface area contributed by atoms with Gasteiger partial charge in [0.05, 0.1) is 16.2 Å². The predicted molar refractivity (Wildman–Crippen MR) is 132 cm³/mol. The van der Waals surface area contributed by atoms with Gasteiger partial charge in [0.25, 0.3) is 5.91 Å². The van der Waals surface area contributed by atoms with E-state index in [9.17, 15) is 4.79 Å². The minimum Gasteiger partial charge on any atom is -0.495 e. The number of methoxy groups -OCH3 is 1. The zero-order valence-corrected chi connectivity index (χ0v) is 21.5. The number of rotatable bonds is 2. The number of hydrogen-bond donors (Lipinski definition) is 2. The summed E-state index contributed by atoms with van der Waals surface area (Å²) in [6.07, 6.45) is 2.93. The lowest BCUT2D eigenvalue weighted by Gasteiger charge is -2.34. The summed E-state index contributed by atoms with van der Waals surface area (Å²) in [5.41, 5.74) is 3.39. The molecule has 28 heavy (non-hydrogen) atoms. The number of hydrogen-bond acceptors (Lipinski definition) is 4. The second kappa shape index (κ2) is 7.61. The number of nitrogens with one attached hydrogen (secondary N) is 2. The molecule has 0 spiro atoms. The van der Waals surface area contributed by atoms with Gasteiger partial charge in [-0.3, -0.25) is 4.79 Å². The Morgan fingerprint density at radius 1 is 1.21 bits per heavy atom. The first kappa shape index (κ1) is 20.7. The monoisotopic (exact) mass is 622 g/mol. The van der Waals surface area contributed by atoms with Crippen LogP contribution < -0.4 is 15.4 Å². The van der Waals surface area contributed by atoms with Crippen LogP contribution in [0.25, 0.3) is 0 Å². The highest BCUT2D eigenvalue weighted by atomic mass is 127. The quantitative estimate of drug-likeness (QED) is 0.406. The smallest absolute Gasteiger partial charge is 0.256 e. The van der Waals surface area contributed by atoms with E-state index in [-0.39, 0.29) is 12.1 Å². The number of thiophene rings is 1. The van der Waals surface area contributed by atoms with Gasteiger partial charge in [-0.2, -0.15) is 0 Å². The molecule has 4 nitrogen and oxygen atoms in total. The molecule has 2 atom stereocenters. The van der Waals surface area contributed by atoms with Gasteiger partial charge in [-0.1, -0.05) is 20.8 Å². The van der Waals surface area contributed by atoms with Crippen LogP contribution in [0.4, 0.5) is 5.00 Å². The fourth-order valence-electron chi connectivity index (χ4n) is 4.20. The maximum absolute atomic E-state index is 13.1. The number of ether oxygens (including phenoxy) is 1. The Hall–Kier alpha value is -0.550. The van der Waals surface area contributed by atoms with Gasteiger partial charge in [0, 0.05) is 14.0 Å². The molecular weight excluding hydrogens is 598 g/mol. The Morgan fingerprint density at radius 2 is 1.96 bits per heavy atom. The molecule has 2 heterocycles. The number of amides is 1. The van der Waals surface area contributed by atoms with Crippen LogP contribution in [0.5, 0.6) is 5.75 Å². The first-order chi connectivity index (χ1) is 13.2. The van der Waals surface area contributed by atoms with Crippen molar-refractivity contribution in [2.75, 3.05) is 12.4 Å². The van der Waals surface area contributed by atoms with Gasteiger partial charge < -0.3 is 15.4 Å². The van der Waals surface area contributed by atoms with Gasteiger partial charge >= 0.3 is 0 Å². The van der Waals surface area contributed by atoms with Crippen LogP contribution in [-0.2, 0) is 12.8 Å². The zero-order valence-electron chi connectivity index (χ0n) is 16.4. The second-order valence-electron chi connectivity index (χ2n) is 8.57. The van der Waals surface area contributed by atoms with Crippen molar-refractivity contribution in [1.29, 1.82) is 0 Å². The molecule has 150 valence electrons. The molecule has 4 rings (SSSR count). The van der Waals surface area contributed by atoms with E-state index < -0.39 is 0 Å². The summed E-state index contributed by atoms with van der Waals surface area (Å²) in [7, 11) is 1.68. The van der Waals surface area contributed by atoms with Crippen LogP contribution in [0, 0.1) is 18.5 Å². The van der Waals surface area contributed by atoms with Crippen LogP contribution in [0.3, 0.4) is 0 Å². The number of benzene rings is 1. The van der Waals surface area contributed by atoms with Crippen LogP contribution in [-0.4, -0.2) is 13.0 Å². The predicted octanol–water partition coefficient (Wildman–Crippen LogP) is 5.97. The fraction of sp³-hybridized carbons (Fsp3) is 0.476. The molecule has 2 N–H and O–H groups in total. The molecular formula is C21H24I2N2O2S. The molecule has 7 heteroatoms. The number of halogens is 2. The van der Waals surface area contributed by atoms with Crippen molar-refractivity contribution in [2.24, 2.45) is 11.3 Å². The Morgan fingerprint density at radius 3 is 2.64 bits per heavy atom. The molecule has 2 aromatic rings. The summed E-state index contributed by atoms with van der Waals surface area (Å²) in [5.74, 6) is 1.51. The zero-order chi connectivity index (χ0) is 20.2. The fourth-order valence-corrected chi connectivity index (χ4v) is 7.67. The van der Waals surface area contributed by atoms with Crippen LogP contribution in [0.1, 0.15) is 59.7 Å². The normalized spacial score (nSPS) is 21.4. The average Bonchev–Trinajstić information content (AvgIpc) is 2.98. The largest absolute Gasteiger partial charge is 0.495 e. The third-order valence-electron chi connectivity index (χ3n) is 5.82. The molecule has 0 bridgehead atoms. The highest BCUT2D eigenvalue weighted by Crippen LogP contribution is 2.46. The maximum Gasteiger partial charge on any atom is 0.256 e. The third-order valence-corrected chi connectivity index (χ3v) is 8.43. The highest BCUT2D eigenvalue weighted by Gasteiger charge is 2.37. The van der Waals surface area contributed by atoms with E-state index >= 15 is 0 Å². The first-order valence-electron chi connectivity index (χ1n) is 9.44. The number of carbonyl (C=O) groups excluding carboxylic acids is 1. The Labute approximate surface area is 197 Å². The molecule has 1 aromatic heterocycles. The van der Waals surface area contributed by atoms with Crippen molar-refractivity contribution in [1.82, 2.24) is 5.32 Å². The molecule has 0 radical (unpaired) electrons. The van der Waals surface area contributed by atoms with Crippen molar-refractivity contribution >= 4 is 67.4 Å². The summed E-state index contributed by atoms with van der Waals surface area (Å²) in [5, 5.41) is 7.75. The summed E-state index contributed by atoms with van der Waals surface area (Å²) in [6.45, 7) is 6.96. The SMILES string of the molecule is COc1c(I)cc(I)cc1[C@@H]1NC(=O)c2c(sc3c2CC[C@@H](C(C)(C)C)C3)N1. The molecule has 2 aliphatic rings. The number of anilines is 1. The molecule has 1 amide bonds. The van der Waals surface area contributed by atoms with Gasteiger partial charge in [-0.05, 0) is 93.5 Å². The Kier molecular flexibility index (Phi) is 5.63. The molecule has 1 aliphatic heterocycles. The Bertz CT molecular complexity index is 949. The van der Waals surface area contributed by atoms with Crippen molar-refractivity contribution in [3.63, 3.8) is 0 Å². The number of fused-ring (bicyclic) bond motifs is 3. The average molecular weight is 622 g/mol. The van der Waals surface area contributed by atoms with E-state index in [2.05, 4.69) is 88.7 Å². The standard InChI is InChI=1S/C21H24I2N2O2S/c1-21(2,3)10-5-6-12-15(7-10)28-20-16(12)19(26)24-18(25-20)13-8-11(22)9-14(23)17(13)27-4/h8-10,18,25H,5-7H2,1-4H3,(H,24,26)/t10-,18-/m1/s1.